The molecule has 10 heavy (non-hydrogen) atoms. The zero-order valence-electron chi connectivity index (χ0n) is 5.41. The third kappa shape index (κ3) is 0.589. The maximum Gasteiger partial charge on any atom is 0.0724 e. The minimum absolute atomic E-state index is 0.760. The normalized spacial score (nSPS) is 13.8. The molecule has 2 nitrogen and oxygen atoms in total. The van der Waals surface area contributed by atoms with E-state index >= 15 is 0 Å². The van der Waals surface area contributed by atoms with E-state index in [0.717, 1.165) is 16.9 Å². The van der Waals surface area contributed by atoms with E-state index in [1.54, 1.807) is 6.20 Å². The summed E-state index contributed by atoms with van der Waals surface area (Å²) >= 11 is 0. The van der Waals surface area contributed by atoms with Crippen molar-refractivity contribution in [1.82, 2.24) is 5.32 Å². The van der Waals surface area contributed by atoms with Crippen LogP contribution >= 0.6 is 0 Å². The van der Waals surface area contributed by atoms with Gasteiger partial charge in [0.15, 0.2) is 0 Å². The van der Waals surface area contributed by atoms with Crippen LogP contribution in [-0.2, 0) is 0 Å². The van der Waals surface area contributed by atoms with Crippen LogP contribution in [0.4, 0.5) is 5.69 Å². The number of nitrogens with zero attached hydrogens (tertiary/aromatic N) is 1. The highest BCUT2D eigenvalue weighted by atomic mass is 14.9. The lowest BCUT2D eigenvalue weighted by molar-refractivity contribution is 1.22. The lowest BCUT2D eigenvalue weighted by Gasteiger charge is -1.95. The second-order valence-electron chi connectivity index (χ2n) is 2.23. The van der Waals surface area contributed by atoms with Crippen molar-refractivity contribution < 1.29 is 0 Å². The molecule has 0 saturated heterocycles. The molecule has 0 spiro atoms. The van der Waals surface area contributed by atoms with Crippen LogP contribution in [0.3, 0.4) is 0 Å². The van der Waals surface area contributed by atoms with Gasteiger partial charge in [0.2, 0.25) is 0 Å². The summed E-state index contributed by atoms with van der Waals surface area (Å²) in [4.78, 5) is 0. The zero-order valence-corrected chi connectivity index (χ0v) is 5.41. The fraction of sp³-hybridized carbons (Fsp3) is 0. The van der Waals surface area contributed by atoms with E-state index in [9.17, 15) is 0 Å². The molecule has 0 atom stereocenters. The molecule has 2 N–H and O–H groups in total. The van der Waals surface area contributed by atoms with Crippen molar-refractivity contribution in [2.75, 3.05) is 0 Å². The number of fused-ring (bicyclic) bond motifs is 1. The first-order valence-corrected chi connectivity index (χ1v) is 3.14. The van der Waals surface area contributed by atoms with Gasteiger partial charge in [0.1, 0.15) is 0 Å². The molecule has 0 unspecified atom stereocenters. The second-order valence-corrected chi connectivity index (χ2v) is 2.23. The van der Waals surface area contributed by atoms with Gasteiger partial charge in [-0.25, -0.2) is 0 Å². The van der Waals surface area contributed by atoms with Crippen LogP contribution < -0.4 is 11.1 Å². The van der Waals surface area contributed by atoms with Crippen LogP contribution in [-0.4, -0.2) is 0 Å². The van der Waals surface area contributed by atoms with E-state index in [2.05, 4.69) is 5.32 Å². The van der Waals surface area contributed by atoms with E-state index in [1.807, 2.05) is 24.3 Å². The van der Waals surface area contributed by atoms with Crippen molar-refractivity contribution in [1.29, 1.82) is 0 Å². The van der Waals surface area contributed by atoms with Crippen LogP contribution in [0.25, 0.3) is 5.70 Å². The van der Waals surface area contributed by atoms with Gasteiger partial charge in [-0.05, 0) is 6.07 Å². The Balaban J connectivity index is 2.61. The van der Waals surface area contributed by atoms with E-state index in [4.69, 9.17) is 5.73 Å². The third-order valence-corrected chi connectivity index (χ3v) is 1.56. The van der Waals surface area contributed by atoms with Crippen LogP contribution in [0.1, 0.15) is 5.56 Å². The Hall–Kier alpha value is -1.44. The topological polar surface area (TPSA) is 40.1 Å². The molecule has 49 valence electrons. The van der Waals surface area contributed by atoms with Crippen LogP contribution in [0.2, 0.25) is 0 Å². The minimum Gasteiger partial charge on any atom is -0.397 e. The molecule has 1 aromatic rings. The Labute approximate surface area is 59.4 Å². The van der Waals surface area contributed by atoms with Gasteiger partial charge in [-0.2, -0.15) is 0 Å². The van der Waals surface area contributed by atoms with Gasteiger partial charge in [-0.1, -0.05) is 18.2 Å². The van der Waals surface area contributed by atoms with Crippen molar-refractivity contribution >= 4 is 11.4 Å². The molecule has 0 aliphatic carbocycles. The van der Waals surface area contributed by atoms with Crippen molar-refractivity contribution in [3.8, 4) is 0 Å². The fourth-order valence-electron chi connectivity index (χ4n) is 1.04. The van der Waals surface area contributed by atoms with Crippen molar-refractivity contribution in [2.24, 2.45) is 5.73 Å². The molecule has 2 heteroatoms. The average molecular weight is 131 g/mol. The first kappa shape index (κ1) is 5.35. The molecule has 0 amide bonds. The predicted octanol–water partition coefficient (Wildman–Crippen LogP) is 1.19. The minimum atomic E-state index is 0.760. The number of benzene rings is 1. The van der Waals surface area contributed by atoms with Gasteiger partial charge in [0, 0.05) is 5.56 Å². The maximum absolute atomic E-state index is 5.61. The monoisotopic (exact) mass is 131 g/mol. The van der Waals surface area contributed by atoms with Gasteiger partial charge in [-0.3, -0.25) is 5.32 Å². The summed E-state index contributed by atoms with van der Waals surface area (Å²) < 4.78 is 0. The summed E-state index contributed by atoms with van der Waals surface area (Å²) in [6, 6.07) is 7.83. The third-order valence-electron chi connectivity index (χ3n) is 1.56. The number of hydrogen-bond acceptors (Lipinski definition) is 1. The van der Waals surface area contributed by atoms with Crippen molar-refractivity contribution in [3.63, 3.8) is 0 Å². The Morgan fingerprint density at radius 3 is 2.80 bits per heavy atom. The first-order chi connectivity index (χ1) is 4.88. The standard InChI is InChI=1S/C8H7N2/c9-7-5-10-8-4-2-1-3-6(7)8/h1-5H,9H2. The molecule has 0 fully saturated rings. The van der Waals surface area contributed by atoms with Gasteiger partial charge in [-0.15, -0.1) is 0 Å². The zero-order chi connectivity index (χ0) is 6.97. The summed E-state index contributed by atoms with van der Waals surface area (Å²) in [6.45, 7) is 0. The highest BCUT2D eigenvalue weighted by Crippen LogP contribution is 2.25. The lowest BCUT2D eigenvalue weighted by atomic mass is 10.2. The van der Waals surface area contributed by atoms with E-state index < -0.39 is 0 Å². The summed E-state index contributed by atoms with van der Waals surface area (Å²) in [5.41, 5.74) is 8.39. The number of para-hydroxylation sites is 1. The van der Waals surface area contributed by atoms with E-state index in [-0.39, 0.29) is 0 Å². The van der Waals surface area contributed by atoms with Gasteiger partial charge in [0.05, 0.1) is 17.6 Å². The summed E-state index contributed by atoms with van der Waals surface area (Å²) in [7, 11) is 0. The molecule has 0 saturated carbocycles. The first-order valence-electron chi connectivity index (χ1n) is 3.14. The Kier molecular flexibility index (Phi) is 0.947. The van der Waals surface area contributed by atoms with Crippen LogP contribution in [0.5, 0.6) is 0 Å². The Morgan fingerprint density at radius 1 is 1.20 bits per heavy atom. The van der Waals surface area contributed by atoms with E-state index in [1.165, 1.54) is 0 Å². The quantitative estimate of drug-likeness (QED) is 0.564. The van der Waals surface area contributed by atoms with Gasteiger partial charge < -0.3 is 5.73 Å². The summed E-state index contributed by atoms with van der Waals surface area (Å²) in [6.07, 6.45) is 1.69. The van der Waals surface area contributed by atoms with Gasteiger partial charge >= 0.3 is 0 Å². The SMILES string of the molecule is NC1=C[N]c2ccccc21. The van der Waals surface area contributed by atoms with Crippen molar-refractivity contribution in [3.05, 3.63) is 36.0 Å². The molecule has 2 rings (SSSR count). The highest BCUT2D eigenvalue weighted by Gasteiger charge is 2.09. The largest absolute Gasteiger partial charge is 0.397 e. The van der Waals surface area contributed by atoms with Crippen LogP contribution in [0.15, 0.2) is 30.5 Å². The smallest absolute Gasteiger partial charge is 0.0724 e. The van der Waals surface area contributed by atoms with Gasteiger partial charge in [0.25, 0.3) is 0 Å². The number of hydrogen-bond donors (Lipinski definition) is 1. The average Bonchev–Trinajstić information content (AvgIpc) is 2.34. The second kappa shape index (κ2) is 1.77. The maximum atomic E-state index is 5.61. The molecule has 0 aromatic heterocycles. The number of nitrogens with two attached hydrogens (primary N) is 1. The molecule has 0 bridgehead atoms. The van der Waals surface area contributed by atoms with E-state index in [0.29, 0.717) is 0 Å². The lowest BCUT2D eigenvalue weighted by Crippen LogP contribution is -1.90. The molecular weight excluding hydrogens is 124 g/mol. The molecule has 1 heterocycles. The fourth-order valence-corrected chi connectivity index (χ4v) is 1.04. The molecular formula is C8H7N2. The molecule has 1 aliphatic rings. The molecule has 1 radical (unpaired) electrons. The summed E-state index contributed by atoms with van der Waals surface area (Å²) in [5, 5.41) is 4.09. The Morgan fingerprint density at radius 2 is 2.00 bits per heavy atom. The highest BCUT2D eigenvalue weighted by molar-refractivity contribution is 5.76. The summed E-state index contributed by atoms with van der Waals surface area (Å²) in [5.74, 6) is 0. The Bertz CT molecular complexity index is 289. The molecule has 1 aromatic carbocycles. The predicted molar refractivity (Wildman–Crippen MR) is 40.4 cm³/mol. The number of rotatable bonds is 0. The van der Waals surface area contributed by atoms with Crippen LogP contribution in [0, 0.1) is 0 Å². The molecule has 1 aliphatic heterocycles. The van der Waals surface area contributed by atoms with Crippen molar-refractivity contribution in [2.45, 2.75) is 0 Å².